The Hall–Kier alpha value is -4.62. The van der Waals surface area contributed by atoms with Gasteiger partial charge >= 0.3 is 0 Å². The van der Waals surface area contributed by atoms with E-state index >= 15 is 0 Å². The molecule has 1 aliphatic rings. The van der Waals surface area contributed by atoms with Crippen LogP contribution in [0.15, 0.2) is 85.2 Å². The molecule has 7 nitrogen and oxygen atoms in total. The van der Waals surface area contributed by atoms with Crippen molar-refractivity contribution in [2.75, 3.05) is 20.6 Å². The van der Waals surface area contributed by atoms with Gasteiger partial charge in [-0.3, -0.25) is 14.9 Å². The van der Waals surface area contributed by atoms with Crippen LogP contribution < -0.4 is 10.1 Å². The highest BCUT2D eigenvalue weighted by Crippen LogP contribution is 2.37. The molecular weight excluding hydrogens is 500 g/mol. The minimum Gasteiger partial charge on any atom is -0.489 e. The maximum atomic E-state index is 13.4. The third-order valence-corrected chi connectivity index (χ3v) is 7.43. The number of aromatic nitrogens is 2. The fourth-order valence-corrected chi connectivity index (χ4v) is 5.51. The third kappa shape index (κ3) is 4.69. The summed E-state index contributed by atoms with van der Waals surface area (Å²) in [7, 11) is 4.12. The molecule has 2 aromatic heterocycles. The predicted octanol–water partition coefficient (Wildman–Crippen LogP) is 5.46. The Morgan fingerprint density at radius 2 is 1.62 bits per heavy atom. The zero-order chi connectivity index (χ0) is 27.8. The van der Waals surface area contributed by atoms with Gasteiger partial charge in [0.2, 0.25) is 0 Å². The van der Waals surface area contributed by atoms with Crippen molar-refractivity contribution in [3.8, 4) is 5.75 Å². The van der Waals surface area contributed by atoms with Crippen LogP contribution >= 0.6 is 0 Å². The number of carbonyl (C=O) groups is 2. The number of aryl methyl sites for hydroxylation is 2. The average molecular weight is 533 g/mol. The Morgan fingerprint density at radius 1 is 0.850 bits per heavy atom. The third-order valence-electron chi connectivity index (χ3n) is 7.43. The molecule has 0 saturated carbocycles. The normalized spacial score (nSPS) is 13.7. The van der Waals surface area contributed by atoms with Crippen LogP contribution in [0.4, 0.5) is 0 Å². The Morgan fingerprint density at radius 3 is 2.42 bits per heavy atom. The summed E-state index contributed by atoms with van der Waals surface area (Å²) in [6.07, 6.45) is 4.89. The number of amides is 2. The largest absolute Gasteiger partial charge is 0.489 e. The van der Waals surface area contributed by atoms with Crippen molar-refractivity contribution in [2.24, 2.45) is 0 Å². The second-order valence-electron chi connectivity index (χ2n) is 10.6. The predicted molar refractivity (Wildman–Crippen MR) is 159 cm³/mol. The van der Waals surface area contributed by atoms with Crippen molar-refractivity contribution in [3.05, 3.63) is 102 Å². The molecule has 3 aromatic carbocycles. The van der Waals surface area contributed by atoms with E-state index in [1.165, 1.54) is 0 Å². The van der Waals surface area contributed by atoms with E-state index in [9.17, 15) is 9.59 Å². The van der Waals surface area contributed by atoms with E-state index in [4.69, 9.17) is 4.74 Å². The number of hydrogen-bond donors (Lipinski definition) is 1. The van der Waals surface area contributed by atoms with Gasteiger partial charge in [-0.1, -0.05) is 48.5 Å². The Kier molecular flexibility index (Phi) is 6.74. The van der Waals surface area contributed by atoms with E-state index in [1.54, 1.807) is 0 Å². The van der Waals surface area contributed by atoms with Crippen molar-refractivity contribution >= 4 is 44.9 Å². The molecule has 0 aliphatic carbocycles. The summed E-state index contributed by atoms with van der Waals surface area (Å²) < 4.78 is 10.2. The van der Waals surface area contributed by atoms with Gasteiger partial charge in [0, 0.05) is 40.8 Å². The zero-order valence-electron chi connectivity index (χ0n) is 23.0. The lowest BCUT2D eigenvalue weighted by Crippen LogP contribution is -2.23. The van der Waals surface area contributed by atoms with Gasteiger partial charge in [0.15, 0.2) is 0 Å². The Labute approximate surface area is 233 Å². The zero-order valence-corrected chi connectivity index (χ0v) is 23.0. The quantitative estimate of drug-likeness (QED) is 0.256. The number of rotatable bonds is 9. The number of hydrogen-bond acceptors (Lipinski definition) is 4. The van der Waals surface area contributed by atoms with Crippen molar-refractivity contribution in [1.29, 1.82) is 0 Å². The van der Waals surface area contributed by atoms with Crippen molar-refractivity contribution < 1.29 is 14.3 Å². The molecule has 3 heterocycles. The first-order valence-electron chi connectivity index (χ1n) is 13.5. The first-order chi connectivity index (χ1) is 19.4. The number of benzene rings is 3. The fourth-order valence-electron chi connectivity index (χ4n) is 5.51. The minimum absolute atomic E-state index is 0.345. The summed E-state index contributed by atoms with van der Waals surface area (Å²) in [5.74, 6) is -0.0816. The lowest BCUT2D eigenvalue weighted by atomic mass is 10.0. The maximum absolute atomic E-state index is 13.4. The van der Waals surface area contributed by atoms with Gasteiger partial charge in [-0.15, -0.1) is 0 Å². The summed E-state index contributed by atoms with van der Waals surface area (Å²) in [5, 5.41) is 4.48. The molecule has 0 bridgehead atoms. The van der Waals surface area contributed by atoms with Gasteiger partial charge in [0.1, 0.15) is 18.1 Å². The van der Waals surface area contributed by atoms with Gasteiger partial charge < -0.3 is 18.8 Å². The number of imide groups is 1. The van der Waals surface area contributed by atoms with Crippen LogP contribution in [0.2, 0.25) is 0 Å². The smallest absolute Gasteiger partial charge is 0.275 e. The number of carbonyl (C=O) groups excluding carboxylic acids is 2. The molecule has 202 valence electrons. The van der Waals surface area contributed by atoms with Crippen molar-refractivity contribution in [2.45, 2.75) is 26.5 Å². The van der Waals surface area contributed by atoms with Crippen LogP contribution in [0.3, 0.4) is 0 Å². The number of ether oxygens (including phenoxy) is 1. The van der Waals surface area contributed by atoms with E-state index < -0.39 is 11.8 Å². The van der Waals surface area contributed by atoms with Crippen LogP contribution in [0.25, 0.3) is 33.1 Å². The van der Waals surface area contributed by atoms with Crippen molar-refractivity contribution in [3.63, 3.8) is 0 Å². The van der Waals surface area contributed by atoms with Gasteiger partial charge in [-0.2, -0.15) is 0 Å². The molecule has 40 heavy (non-hydrogen) atoms. The highest BCUT2D eigenvalue weighted by molar-refractivity contribution is 6.47. The summed E-state index contributed by atoms with van der Waals surface area (Å²) in [6.45, 7) is 4.17. The van der Waals surface area contributed by atoms with Crippen LogP contribution in [-0.2, 0) is 22.7 Å². The van der Waals surface area contributed by atoms with Crippen LogP contribution in [0, 0.1) is 6.92 Å². The monoisotopic (exact) mass is 532 g/mol. The maximum Gasteiger partial charge on any atom is 0.275 e. The SMILES string of the molecule is Cc1cn(C2=C(c3cn(CCCN(C)C)c4ccc(OCc5ccccc5)cc34)C(=O)NC2=O)c2ccccc12. The van der Waals surface area contributed by atoms with E-state index in [1.807, 2.05) is 96.7 Å². The molecule has 1 N–H and O–H groups in total. The first kappa shape index (κ1) is 25.6. The molecule has 6 rings (SSSR count). The molecule has 7 heteroatoms. The van der Waals surface area contributed by atoms with Gasteiger partial charge in [-0.05, 0) is 69.4 Å². The molecule has 2 amide bonds. The van der Waals surface area contributed by atoms with E-state index in [2.05, 4.69) is 28.9 Å². The molecule has 1 aliphatic heterocycles. The second-order valence-corrected chi connectivity index (χ2v) is 10.6. The Balaban J connectivity index is 1.50. The summed E-state index contributed by atoms with van der Waals surface area (Å²) >= 11 is 0. The van der Waals surface area contributed by atoms with Crippen molar-refractivity contribution in [1.82, 2.24) is 19.4 Å². The number of para-hydroxylation sites is 1. The molecule has 0 radical (unpaired) electrons. The number of nitrogens with one attached hydrogen (secondary N) is 1. The molecule has 0 spiro atoms. The average Bonchev–Trinajstić information content (AvgIpc) is 3.57. The number of nitrogens with zero attached hydrogens (tertiary/aromatic N) is 3. The molecule has 0 fully saturated rings. The highest BCUT2D eigenvalue weighted by Gasteiger charge is 2.35. The standard InChI is InChI=1S/C33H32N4O3/c1-22-19-37(29-13-8-7-12-25(22)29)31-30(32(38)34-33(31)39)27-20-36(17-9-16-35(2)3)28-15-14-24(18-26(27)28)40-21-23-10-5-4-6-11-23/h4-8,10-15,18-20H,9,16-17,21H2,1-3H3,(H,34,38,39). The van der Waals surface area contributed by atoms with Crippen LogP contribution in [0.1, 0.15) is 23.1 Å². The van der Waals surface area contributed by atoms with Gasteiger partial charge in [0.05, 0.1) is 11.1 Å². The Bertz CT molecular complexity index is 1780. The minimum atomic E-state index is -0.397. The first-order valence-corrected chi connectivity index (χ1v) is 13.5. The van der Waals surface area contributed by atoms with E-state index in [0.29, 0.717) is 23.6 Å². The molecule has 0 atom stereocenters. The highest BCUT2D eigenvalue weighted by atomic mass is 16.5. The lowest BCUT2D eigenvalue weighted by molar-refractivity contribution is -0.122. The van der Waals surface area contributed by atoms with Gasteiger partial charge in [0.25, 0.3) is 11.8 Å². The number of fused-ring (bicyclic) bond motifs is 2. The van der Waals surface area contributed by atoms with Crippen LogP contribution in [0.5, 0.6) is 5.75 Å². The summed E-state index contributed by atoms with van der Waals surface area (Å²) in [4.78, 5) is 28.9. The second kappa shape index (κ2) is 10.5. The molecule has 0 saturated heterocycles. The van der Waals surface area contributed by atoms with E-state index in [0.717, 1.165) is 58.0 Å². The lowest BCUT2D eigenvalue weighted by Gasteiger charge is -2.11. The van der Waals surface area contributed by atoms with E-state index in [-0.39, 0.29) is 0 Å². The summed E-state index contributed by atoms with van der Waals surface area (Å²) in [5.41, 5.74) is 5.44. The fraction of sp³-hybridized carbons (Fsp3) is 0.212. The molecular formula is C33H32N4O3. The van der Waals surface area contributed by atoms with Gasteiger partial charge in [-0.25, -0.2) is 0 Å². The topological polar surface area (TPSA) is 68.5 Å². The summed E-state index contributed by atoms with van der Waals surface area (Å²) in [6, 6.07) is 23.9. The molecule has 0 unspecified atom stereocenters. The van der Waals surface area contributed by atoms with Crippen LogP contribution in [-0.4, -0.2) is 46.5 Å². The molecule has 5 aromatic rings.